The number of phenols is 1. The summed E-state index contributed by atoms with van der Waals surface area (Å²) in [5.74, 6) is -0.786. The molecule has 1 aromatic carbocycles. The second kappa shape index (κ2) is 9.26. The van der Waals surface area contributed by atoms with E-state index in [1.165, 1.54) is 30.7 Å². The van der Waals surface area contributed by atoms with Gasteiger partial charge in [-0.15, -0.1) is 0 Å². The Bertz CT molecular complexity index is 1010. The highest BCUT2D eigenvalue weighted by Crippen LogP contribution is 2.33. The lowest BCUT2D eigenvalue weighted by Gasteiger charge is -2.18. The van der Waals surface area contributed by atoms with Crippen LogP contribution < -0.4 is 11.0 Å². The summed E-state index contributed by atoms with van der Waals surface area (Å²) in [5, 5.41) is 12.8. The summed E-state index contributed by atoms with van der Waals surface area (Å²) < 4.78 is 17.7. The number of para-hydroxylation sites is 2. The molecule has 2 N–H and O–H groups in total. The number of ether oxygens (including phenoxy) is 3. The number of benzene rings is 1. The monoisotopic (exact) mass is 481 g/mol. The summed E-state index contributed by atoms with van der Waals surface area (Å²) in [6, 6.07) is 6.53. The van der Waals surface area contributed by atoms with Crippen LogP contribution in [0, 0.1) is 0 Å². The molecule has 1 aliphatic heterocycles. The minimum absolute atomic E-state index is 0.00652. The predicted molar refractivity (Wildman–Crippen MR) is 108 cm³/mol. The molecule has 0 bridgehead atoms. The number of rotatable bonds is 6. The number of aromatic nitrogens is 2. The zero-order chi connectivity index (χ0) is 21.8. The molecule has 10 nitrogen and oxygen atoms in total. The summed E-state index contributed by atoms with van der Waals surface area (Å²) in [4.78, 5) is 39.1. The topological polar surface area (TPSA) is 129 Å². The van der Waals surface area contributed by atoms with Gasteiger partial charge in [-0.1, -0.05) is 12.1 Å². The van der Waals surface area contributed by atoms with E-state index in [0.29, 0.717) is 10.2 Å². The van der Waals surface area contributed by atoms with Crippen molar-refractivity contribution in [2.24, 2.45) is 0 Å². The molecule has 0 aliphatic carbocycles. The molecule has 0 radical (unpaired) electrons. The highest BCUT2D eigenvalue weighted by molar-refractivity contribution is 9.10. The quantitative estimate of drug-likeness (QED) is 0.471. The lowest BCUT2D eigenvalue weighted by molar-refractivity contribution is -0.155. The van der Waals surface area contributed by atoms with Crippen LogP contribution in [0.15, 0.2) is 39.7 Å². The number of nitrogens with one attached hydrogen (secondary N) is 1. The molecule has 0 saturated carbocycles. The number of anilines is 2. The van der Waals surface area contributed by atoms with E-state index >= 15 is 0 Å². The first-order valence-electron chi connectivity index (χ1n) is 9.04. The second-order valence-electron chi connectivity index (χ2n) is 6.58. The van der Waals surface area contributed by atoms with E-state index in [4.69, 9.17) is 14.2 Å². The van der Waals surface area contributed by atoms with Crippen molar-refractivity contribution in [3.8, 4) is 5.75 Å². The highest BCUT2D eigenvalue weighted by atomic mass is 79.9. The zero-order valence-corrected chi connectivity index (χ0v) is 17.8. The van der Waals surface area contributed by atoms with Crippen molar-refractivity contribution in [1.29, 1.82) is 0 Å². The maximum Gasteiger partial charge on any atom is 0.351 e. The Morgan fingerprint density at radius 2 is 2.07 bits per heavy atom. The third kappa shape index (κ3) is 5.16. The van der Waals surface area contributed by atoms with E-state index in [1.54, 1.807) is 18.2 Å². The normalized spacial score (nSPS) is 20.6. The predicted octanol–water partition coefficient (Wildman–Crippen LogP) is 2.24. The summed E-state index contributed by atoms with van der Waals surface area (Å²) in [6.07, 6.45) is -0.498. The molecular formula is C19H20BrN3O7. The van der Waals surface area contributed by atoms with Crippen LogP contribution >= 0.6 is 15.9 Å². The number of hydrogen-bond acceptors (Lipinski definition) is 9. The maximum absolute atomic E-state index is 12.6. The number of carbonyl (C=O) groups is 2. The average Bonchev–Trinajstić information content (AvgIpc) is 3.06. The van der Waals surface area contributed by atoms with E-state index in [9.17, 15) is 19.5 Å². The van der Waals surface area contributed by atoms with Crippen LogP contribution in [0.1, 0.15) is 26.5 Å². The smallest absolute Gasteiger partial charge is 0.351 e. The standard InChI is InChI=1S/C19H20BrN3O7/c1-10(24)28-9-16-15(29-11(2)25)7-17(30-16)23-8-12(20)18(22-19(23)27)21-13-5-3-4-6-14(13)26/h3-6,8,15-17,26H,7,9H2,1-2H3,(H,21,22,27)/t15?,16-,17-/m1/s1. The summed E-state index contributed by atoms with van der Waals surface area (Å²) >= 11 is 3.35. The van der Waals surface area contributed by atoms with Gasteiger partial charge in [0.25, 0.3) is 0 Å². The number of nitrogens with zero attached hydrogens (tertiary/aromatic N) is 2. The van der Waals surface area contributed by atoms with Gasteiger partial charge in [-0.2, -0.15) is 4.98 Å². The first-order valence-corrected chi connectivity index (χ1v) is 9.83. The first-order chi connectivity index (χ1) is 14.2. The molecule has 1 fully saturated rings. The molecule has 2 heterocycles. The summed E-state index contributed by atoms with van der Waals surface area (Å²) in [6.45, 7) is 2.41. The number of hydrogen-bond donors (Lipinski definition) is 2. The number of carbonyl (C=O) groups excluding carboxylic acids is 2. The van der Waals surface area contributed by atoms with Crippen LogP contribution in [0.25, 0.3) is 0 Å². The molecule has 11 heteroatoms. The zero-order valence-electron chi connectivity index (χ0n) is 16.2. The van der Waals surface area contributed by atoms with Crippen LogP contribution in [0.5, 0.6) is 5.75 Å². The minimum Gasteiger partial charge on any atom is -0.506 e. The molecule has 0 amide bonds. The Hall–Kier alpha value is -2.92. The number of aromatic hydroxyl groups is 1. The molecule has 2 aromatic rings. The fourth-order valence-electron chi connectivity index (χ4n) is 3.00. The van der Waals surface area contributed by atoms with Gasteiger partial charge in [0.15, 0.2) is 5.82 Å². The van der Waals surface area contributed by atoms with Gasteiger partial charge in [0, 0.05) is 26.5 Å². The van der Waals surface area contributed by atoms with Crippen LogP contribution in [-0.4, -0.2) is 45.4 Å². The highest BCUT2D eigenvalue weighted by Gasteiger charge is 2.39. The third-order valence-electron chi connectivity index (χ3n) is 4.32. The Morgan fingerprint density at radius 3 is 2.73 bits per heavy atom. The van der Waals surface area contributed by atoms with Gasteiger partial charge in [-0.25, -0.2) is 4.79 Å². The Kier molecular flexibility index (Phi) is 6.73. The molecule has 1 unspecified atom stereocenters. The SMILES string of the molecule is CC(=O)OC[C@H]1O[C@@H](n2cc(Br)c(Nc3ccccc3O)nc2=O)CC1OC(C)=O. The van der Waals surface area contributed by atoms with Crippen molar-refractivity contribution in [1.82, 2.24) is 9.55 Å². The van der Waals surface area contributed by atoms with E-state index in [0.717, 1.165) is 0 Å². The number of esters is 2. The van der Waals surface area contributed by atoms with Crippen LogP contribution in [0.3, 0.4) is 0 Å². The number of halogens is 1. The molecule has 3 rings (SSSR count). The van der Waals surface area contributed by atoms with Gasteiger partial charge in [0.1, 0.15) is 30.8 Å². The first kappa shape index (κ1) is 21.8. The largest absolute Gasteiger partial charge is 0.506 e. The van der Waals surface area contributed by atoms with Crippen LogP contribution in [0.4, 0.5) is 11.5 Å². The average molecular weight is 482 g/mol. The van der Waals surface area contributed by atoms with Gasteiger partial charge in [0.2, 0.25) is 0 Å². The third-order valence-corrected chi connectivity index (χ3v) is 4.90. The molecule has 1 aliphatic rings. The van der Waals surface area contributed by atoms with Gasteiger partial charge in [-0.3, -0.25) is 14.2 Å². The van der Waals surface area contributed by atoms with Crippen molar-refractivity contribution in [3.63, 3.8) is 0 Å². The lowest BCUT2D eigenvalue weighted by atomic mass is 10.2. The van der Waals surface area contributed by atoms with Crippen molar-refractivity contribution in [2.75, 3.05) is 11.9 Å². The minimum atomic E-state index is -0.773. The van der Waals surface area contributed by atoms with Gasteiger partial charge >= 0.3 is 17.6 Å². The van der Waals surface area contributed by atoms with Crippen molar-refractivity contribution >= 4 is 39.4 Å². The molecular weight excluding hydrogens is 462 g/mol. The molecule has 30 heavy (non-hydrogen) atoms. The van der Waals surface area contributed by atoms with Crippen molar-refractivity contribution in [3.05, 3.63) is 45.4 Å². The lowest BCUT2D eigenvalue weighted by Crippen LogP contribution is -2.31. The molecule has 3 atom stereocenters. The van der Waals surface area contributed by atoms with Crippen LogP contribution in [-0.2, 0) is 23.8 Å². The van der Waals surface area contributed by atoms with Crippen molar-refractivity contribution in [2.45, 2.75) is 38.7 Å². The molecule has 0 spiro atoms. The fraction of sp³-hybridized carbons (Fsp3) is 0.368. The second-order valence-corrected chi connectivity index (χ2v) is 7.44. The Labute approximate surface area is 179 Å². The maximum atomic E-state index is 12.6. The van der Waals surface area contributed by atoms with E-state index < -0.39 is 36.1 Å². The van der Waals surface area contributed by atoms with Crippen LogP contribution in [0.2, 0.25) is 0 Å². The summed E-state index contributed by atoms with van der Waals surface area (Å²) in [5.41, 5.74) is -0.229. The molecule has 1 saturated heterocycles. The molecule has 160 valence electrons. The van der Waals surface area contributed by atoms with E-state index in [-0.39, 0.29) is 24.6 Å². The van der Waals surface area contributed by atoms with Gasteiger partial charge < -0.3 is 24.6 Å². The summed E-state index contributed by atoms with van der Waals surface area (Å²) in [7, 11) is 0. The van der Waals surface area contributed by atoms with Gasteiger partial charge in [0.05, 0.1) is 10.2 Å². The fourth-order valence-corrected chi connectivity index (χ4v) is 3.41. The molecule has 1 aromatic heterocycles. The van der Waals surface area contributed by atoms with E-state index in [2.05, 4.69) is 26.2 Å². The Morgan fingerprint density at radius 1 is 1.33 bits per heavy atom. The van der Waals surface area contributed by atoms with Crippen molar-refractivity contribution < 1.29 is 28.9 Å². The van der Waals surface area contributed by atoms with Gasteiger partial charge in [-0.05, 0) is 28.1 Å². The van der Waals surface area contributed by atoms with E-state index in [1.807, 2.05) is 0 Å². The number of phenolic OH excluding ortho intramolecular Hbond substituents is 1. The Balaban J connectivity index is 1.82.